The zero-order chi connectivity index (χ0) is 14.8. The van der Waals surface area contributed by atoms with E-state index in [1.54, 1.807) is 30.6 Å². The van der Waals surface area contributed by atoms with E-state index in [4.69, 9.17) is 0 Å². The number of H-pyrrole nitrogens is 2. The molecule has 0 aliphatic carbocycles. The van der Waals surface area contributed by atoms with Gasteiger partial charge in [-0.2, -0.15) is 0 Å². The van der Waals surface area contributed by atoms with Gasteiger partial charge in [-0.25, -0.2) is 0 Å². The normalized spacial score (nSPS) is 10.7. The Morgan fingerprint density at radius 1 is 1.14 bits per heavy atom. The molecule has 0 saturated carbocycles. The molecule has 0 spiro atoms. The van der Waals surface area contributed by atoms with E-state index in [0.717, 1.165) is 11.1 Å². The van der Waals surface area contributed by atoms with Crippen LogP contribution in [-0.2, 0) is 6.54 Å². The summed E-state index contributed by atoms with van der Waals surface area (Å²) in [5, 5.41) is 8.60. The van der Waals surface area contributed by atoms with Gasteiger partial charge in [0.05, 0.1) is 10.8 Å². The van der Waals surface area contributed by atoms with Crippen LogP contribution in [0.5, 0.6) is 0 Å². The Bertz CT molecular complexity index is 911. The first kappa shape index (κ1) is 13.1. The molecule has 2 aromatic heterocycles. The van der Waals surface area contributed by atoms with Gasteiger partial charge in [-0.1, -0.05) is 6.07 Å². The maximum atomic E-state index is 12.0. The van der Waals surface area contributed by atoms with E-state index in [2.05, 4.69) is 20.5 Å². The third-order valence-electron chi connectivity index (χ3n) is 3.44. The lowest BCUT2D eigenvalue weighted by Crippen LogP contribution is -2.20. The number of rotatable bonds is 3. The summed E-state index contributed by atoms with van der Waals surface area (Å²) in [5.74, 6) is 0. The molecule has 0 bridgehead atoms. The molecule has 106 valence electrons. The third-order valence-corrected chi connectivity index (χ3v) is 3.44. The largest absolute Gasteiger partial charge is 0.380 e. The van der Waals surface area contributed by atoms with Gasteiger partial charge in [0.2, 0.25) is 0 Å². The highest BCUT2D eigenvalue weighted by molar-refractivity contribution is 5.92. The first-order valence-electron chi connectivity index (χ1n) is 6.54. The van der Waals surface area contributed by atoms with Crippen molar-refractivity contribution < 1.29 is 0 Å². The van der Waals surface area contributed by atoms with Gasteiger partial charge in [0, 0.05) is 24.6 Å². The van der Waals surface area contributed by atoms with Gasteiger partial charge in [-0.05, 0) is 36.2 Å². The molecule has 0 amide bonds. The van der Waals surface area contributed by atoms with Gasteiger partial charge in [0.15, 0.2) is 0 Å². The molecular weight excluding hydrogens is 268 g/mol. The summed E-state index contributed by atoms with van der Waals surface area (Å²) in [6, 6.07) is 7.08. The first-order valence-corrected chi connectivity index (χ1v) is 6.54. The summed E-state index contributed by atoms with van der Waals surface area (Å²) in [7, 11) is 0. The Labute approximate surface area is 119 Å². The monoisotopic (exact) mass is 282 g/mol. The number of anilines is 1. The topological polar surface area (TPSA) is 90.6 Å². The van der Waals surface area contributed by atoms with Crippen LogP contribution in [0, 0.1) is 6.92 Å². The summed E-state index contributed by atoms with van der Waals surface area (Å²) in [6.07, 6.45) is 3.52. The van der Waals surface area contributed by atoms with Gasteiger partial charge in [0.1, 0.15) is 0 Å². The minimum atomic E-state index is -0.324. The van der Waals surface area contributed by atoms with E-state index in [1.807, 2.05) is 13.0 Å². The van der Waals surface area contributed by atoms with Crippen LogP contribution in [0.3, 0.4) is 0 Å². The number of aryl methyl sites for hydroxylation is 1. The van der Waals surface area contributed by atoms with Gasteiger partial charge in [0.25, 0.3) is 11.1 Å². The van der Waals surface area contributed by atoms with E-state index in [0.29, 0.717) is 23.0 Å². The molecule has 2 heterocycles. The van der Waals surface area contributed by atoms with Crippen molar-refractivity contribution in [3.63, 3.8) is 0 Å². The predicted molar refractivity (Wildman–Crippen MR) is 81.5 cm³/mol. The molecule has 0 unspecified atom stereocenters. The zero-order valence-electron chi connectivity index (χ0n) is 11.4. The van der Waals surface area contributed by atoms with Crippen molar-refractivity contribution >= 4 is 16.5 Å². The number of hydrogen-bond donors (Lipinski definition) is 3. The number of nitrogens with zero attached hydrogens (tertiary/aromatic N) is 1. The summed E-state index contributed by atoms with van der Waals surface area (Å²) in [5.41, 5.74) is 2.14. The van der Waals surface area contributed by atoms with Crippen LogP contribution in [0.1, 0.15) is 11.1 Å². The molecule has 3 rings (SSSR count). The van der Waals surface area contributed by atoms with E-state index in [-0.39, 0.29) is 11.1 Å². The SMILES string of the molecule is Cc1ccncc1CNc1cccc2c(=O)[nH][nH]c(=O)c12. The number of aromatic nitrogens is 3. The molecular formula is C15H14N4O2. The number of benzene rings is 1. The van der Waals surface area contributed by atoms with Crippen LogP contribution >= 0.6 is 0 Å². The van der Waals surface area contributed by atoms with Crippen molar-refractivity contribution in [3.05, 3.63) is 68.5 Å². The summed E-state index contributed by atoms with van der Waals surface area (Å²) in [4.78, 5) is 27.8. The standard InChI is InChI=1S/C15H14N4O2/c1-9-5-6-16-7-10(9)8-17-12-4-2-3-11-13(12)15(21)19-18-14(11)20/h2-7,17H,8H2,1H3,(H,18,20)(H,19,21). The number of fused-ring (bicyclic) bond motifs is 1. The van der Waals surface area contributed by atoms with Gasteiger partial charge >= 0.3 is 0 Å². The van der Waals surface area contributed by atoms with Crippen molar-refractivity contribution in [3.8, 4) is 0 Å². The Morgan fingerprint density at radius 2 is 1.95 bits per heavy atom. The minimum Gasteiger partial charge on any atom is -0.380 e. The van der Waals surface area contributed by atoms with Crippen molar-refractivity contribution in [2.75, 3.05) is 5.32 Å². The third kappa shape index (κ3) is 2.43. The predicted octanol–water partition coefficient (Wildman–Crippen LogP) is 1.53. The second-order valence-corrected chi connectivity index (χ2v) is 4.79. The van der Waals surface area contributed by atoms with Crippen molar-refractivity contribution in [2.24, 2.45) is 0 Å². The van der Waals surface area contributed by atoms with Gasteiger partial charge in [-0.15, -0.1) is 0 Å². The number of pyridine rings is 1. The van der Waals surface area contributed by atoms with E-state index < -0.39 is 0 Å². The Morgan fingerprint density at radius 3 is 2.76 bits per heavy atom. The molecule has 0 atom stereocenters. The average Bonchev–Trinajstić information content (AvgIpc) is 2.50. The summed E-state index contributed by atoms with van der Waals surface area (Å²) >= 11 is 0. The van der Waals surface area contributed by atoms with E-state index >= 15 is 0 Å². The fourth-order valence-corrected chi connectivity index (χ4v) is 2.25. The Kier molecular flexibility index (Phi) is 3.27. The lowest BCUT2D eigenvalue weighted by Gasteiger charge is -2.10. The zero-order valence-corrected chi connectivity index (χ0v) is 11.4. The Balaban J connectivity index is 2.02. The van der Waals surface area contributed by atoms with Crippen LogP contribution in [0.15, 0.2) is 46.2 Å². The number of nitrogens with one attached hydrogen (secondary N) is 3. The molecule has 0 aliphatic rings. The molecule has 21 heavy (non-hydrogen) atoms. The van der Waals surface area contributed by atoms with E-state index in [1.165, 1.54) is 0 Å². The molecule has 0 aliphatic heterocycles. The first-order chi connectivity index (χ1) is 10.2. The van der Waals surface area contributed by atoms with Crippen LogP contribution < -0.4 is 16.4 Å². The minimum absolute atomic E-state index is 0.314. The van der Waals surface area contributed by atoms with E-state index in [9.17, 15) is 9.59 Å². The van der Waals surface area contributed by atoms with Crippen molar-refractivity contribution in [1.82, 2.24) is 15.2 Å². The lowest BCUT2D eigenvalue weighted by atomic mass is 10.1. The maximum absolute atomic E-state index is 12.0. The fourth-order valence-electron chi connectivity index (χ4n) is 2.25. The average molecular weight is 282 g/mol. The Hall–Kier alpha value is -2.89. The maximum Gasteiger partial charge on any atom is 0.272 e. The quantitative estimate of drug-likeness (QED) is 0.679. The molecule has 3 aromatic rings. The van der Waals surface area contributed by atoms with Crippen LogP contribution in [0.2, 0.25) is 0 Å². The molecule has 3 N–H and O–H groups in total. The fraction of sp³-hybridized carbons (Fsp3) is 0.133. The lowest BCUT2D eigenvalue weighted by molar-refractivity contribution is 0.975. The second-order valence-electron chi connectivity index (χ2n) is 4.79. The van der Waals surface area contributed by atoms with Crippen molar-refractivity contribution in [1.29, 1.82) is 0 Å². The molecule has 6 heteroatoms. The highest BCUT2D eigenvalue weighted by atomic mass is 16.1. The number of aromatic amines is 2. The molecule has 0 radical (unpaired) electrons. The number of hydrogen-bond acceptors (Lipinski definition) is 4. The van der Waals surface area contributed by atoms with Gasteiger partial charge in [-0.3, -0.25) is 24.8 Å². The van der Waals surface area contributed by atoms with Crippen LogP contribution in [-0.4, -0.2) is 15.2 Å². The van der Waals surface area contributed by atoms with Gasteiger partial charge < -0.3 is 5.32 Å². The molecule has 1 aromatic carbocycles. The second kappa shape index (κ2) is 5.24. The summed E-state index contributed by atoms with van der Waals surface area (Å²) < 4.78 is 0. The van der Waals surface area contributed by atoms with Crippen molar-refractivity contribution in [2.45, 2.75) is 13.5 Å². The highest BCUT2D eigenvalue weighted by Crippen LogP contribution is 2.18. The highest BCUT2D eigenvalue weighted by Gasteiger charge is 2.08. The van der Waals surface area contributed by atoms with Crippen LogP contribution in [0.4, 0.5) is 5.69 Å². The molecule has 6 nitrogen and oxygen atoms in total. The molecule has 0 fully saturated rings. The molecule has 0 saturated heterocycles. The summed E-state index contributed by atoms with van der Waals surface area (Å²) in [6.45, 7) is 2.53. The smallest absolute Gasteiger partial charge is 0.272 e. The van der Waals surface area contributed by atoms with Crippen LogP contribution in [0.25, 0.3) is 10.8 Å².